The van der Waals surface area contributed by atoms with E-state index in [0.29, 0.717) is 0 Å². The minimum absolute atomic E-state index is 0.0262. The number of esters is 1. The standard InChI is InChI=1S/C12H21NO3S/c1-7(10(15)16-5)9-8(6-14)13-11(17-9)12(2,3)4/h7-9,14H,6H2,1-5H3. The zero-order valence-electron chi connectivity index (χ0n) is 11.1. The van der Waals surface area contributed by atoms with Crippen molar-refractivity contribution < 1.29 is 14.6 Å². The molecule has 4 nitrogen and oxygen atoms in total. The number of hydrogen-bond acceptors (Lipinski definition) is 5. The largest absolute Gasteiger partial charge is 0.469 e. The first-order valence-corrected chi connectivity index (χ1v) is 6.62. The molecule has 0 radical (unpaired) electrons. The van der Waals surface area contributed by atoms with Crippen LogP contribution in [-0.4, -0.2) is 41.1 Å². The Hall–Kier alpha value is -0.550. The van der Waals surface area contributed by atoms with Crippen molar-refractivity contribution in [2.75, 3.05) is 13.7 Å². The lowest BCUT2D eigenvalue weighted by atomic mass is 9.98. The van der Waals surface area contributed by atoms with Gasteiger partial charge in [0.25, 0.3) is 0 Å². The topological polar surface area (TPSA) is 58.9 Å². The van der Waals surface area contributed by atoms with E-state index in [0.717, 1.165) is 5.04 Å². The van der Waals surface area contributed by atoms with Crippen molar-refractivity contribution in [3.05, 3.63) is 0 Å². The Morgan fingerprint density at radius 2 is 2.18 bits per heavy atom. The van der Waals surface area contributed by atoms with Crippen molar-refractivity contribution in [3.63, 3.8) is 0 Å². The van der Waals surface area contributed by atoms with Gasteiger partial charge in [-0.05, 0) is 0 Å². The lowest BCUT2D eigenvalue weighted by Crippen LogP contribution is -2.33. The van der Waals surface area contributed by atoms with E-state index in [1.54, 1.807) is 11.8 Å². The predicted molar refractivity (Wildman–Crippen MR) is 70.3 cm³/mol. The second-order valence-corrected chi connectivity index (χ2v) is 6.50. The normalized spacial score (nSPS) is 26.6. The number of aliphatic hydroxyl groups excluding tert-OH is 1. The lowest BCUT2D eigenvalue weighted by Gasteiger charge is -2.22. The molecule has 0 saturated heterocycles. The molecular weight excluding hydrogens is 238 g/mol. The highest BCUT2D eigenvalue weighted by atomic mass is 32.2. The highest BCUT2D eigenvalue weighted by Gasteiger charge is 2.40. The second-order valence-electron chi connectivity index (χ2n) is 5.33. The van der Waals surface area contributed by atoms with E-state index in [1.807, 2.05) is 6.92 Å². The number of aliphatic imine (C=N–C) groups is 1. The van der Waals surface area contributed by atoms with Gasteiger partial charge in [0.05, 0.1) is 30.7 Å². The van der Waals surface area contributed by atoms with Crippen molar-refractivity contribution in [1.29, 1.82) is 0 Å². The molecule has 3 atom stereocenters. The van der Waals surface area contributed by atoms with Gasteiger partial charge in [-0.15, -0.1) is 11.8 Å². The molecule has 1 N–H and O–H groups in total. The molecule has 98 valence electrons. The van der Waals surface area contributed by atoms with Crippen LogP contribution < -0.4 is 0 Å². The summed E-state index contributed by atoms with van der Waals surface area (Å²) in [6.07, 6.45) is 0. The van der Waals surface area contributed by atoms with Crippen molar-refractivity contribution in [1.82, 2.24) is 0 Å². The van der Waals surface area contributed by atoms with Gasteiger partial charge in [-0.2, -0.15) is 0 Å². The summed E-state index contributed by atoms with van der Waals surface area (Å²) in [5, 5.41) is 10.3. The van der Waals surface area contributed by atoms with Crippen LogP contribution in [0.4, 0.5) is 0 Å². The Morgan fingerprint density at radius 3 is 2.59 bits per heavy atom. The van der Waals surface area contributed by atoms with Crippen LogP contribution in [0.25, 0.3) is 0 Å². The molecule has 1 aliphatic heterocycles. The van der Waals surface area contributed by atoms with Gasteiger partial charge in [-0.25, -0.2) is 0 Å². The summed E-state index contributed by atoms with van der Waals surface area (Å²) in [5.74, 6) is -0.503. The van der Waals surface area contributed by atoms with Crippen LogP contribution in [0.15, 0.2) is 4.99 Å². The highest BCUT2D eigenvalue weighted by Crippen LogP contribution is 2.39. The molecule has 0 saturated carbocycles. The number of thioether (sulfide) groups is 1. The summed E-state index contributed by atoms with van der Waals surface area (Å²) < 4.78 is 4.75. The smallest absolute Gasteiger partial charge is 0.309 e. The molecule has 0 spiro atoms. The van der Waals surface area contributed by atoms with Gasteiger partial charge in [0.15, 0.2) is 0 Å². The monoisotopic (exact) mass is 259 g/mol. The van der Waals surface area contributed by atoms with Crippen LogP contribution in [-0.2, 0) is 9.53 Å². The van der Waals surface area contributed by atoms with Crippen LogP contribution in [0, 0.1) is 11.3 Å². The Labute approximate surface area is 107 Å². The molecule has 1 rings (SSSR count). The maximum absolute atomic E-state index is 11.5. The van der Waals surface area contributed by atoms with Crippen molar-refractivity contribution in [3.8, 4) is 0 Å². The molecule has 0 aromatic heterocycles. The first kappa shape index (κ1) is 14.5. The van der Waals surface area contributed by atoms with E-state index in [2.05, 4.69) is 25.8 Å². The maximum atomic E-state index is 11.5. The number of methoxy groups -OCH3 is 1. The number of aliphatic hydroxyl groups is 1. The Morgan fingerprint density at radius 1 is 1.59 bits per heavy atom. The molecule has 1 aliphatic rings. The predicted octanol–water partition coefficient (Wildman–Crippen LogP) is 1.72. The number of hydrogen-bond donors (Lipinski definition) is 1. The SMILES string of the molecule is COC(=O)C(C)C1SC(C(C)(C)C)=NC1CO. The summed E-state index contributed by atoms with van der Waals surface area (Å²) in [4.78, 5) is 16.1. The van der Waals surface area contributed by atoms with Crippen LogP contribution in [0.5, 0.6) is 0 Å². The summed E-state index contributed by atoms with van der Waals surface area (Å²) in [6.45, 7) is 8.04. The van der Waals surface area contributed by atoms with Crippen LogP contribution in [0.1, 0.15) is 27.7 Å². The third-order valence-electron chi connectivity index (χ3n) is 2.80. The quantitative estimate of drug-likeness (QED) is 0.784. The third kappa shape index (κ3) is 3.22. The fraction of sp³-hybridized carbons (Fsp3) is 0.833. The Bertz CT molecular complexity index is 322. The van der Waals surface area contributed by atoms with Crippen molar-refractivity contribution in [2.45, 2.75) is 39.0 Å². The fourth-order valence-electron chi connectivity index (χ4n) is 1.73. The summed E-state index contributed by atoms with van der Waals surface area (Å²) in [7, 11) is 1.39. The van der Waals surface area contributed by atoms with Crippen LogP contribution >= 0.6 is 11.8 Å². The molecule has 0 aliphatic carbocycles. The van der Waals surface area contributed by atoms with E-state index in [-0.39, 0.29) is 35.2 Å². The zero-order valence-corrected chi connectivity index (χ0v) is 11.9. The van der Waals surface area contributed by atoms with Gasteiger partial charge in [-0.1, -0.05) is 27.7 Å². The first-order chi connectivity index (χ1) is 7.81. The molecule has 0 amide bonds. The van der Waals surface area contributed by atoms with Crippen molar-refractivity contribution in [2.24, 2.45) is 16.3 Å². The molecular formula is C12H21NO3S. The average Bonchev–Trinajstić information content (AvgIpc) is 2.70. The van der Waals surface area contributed by atoms with E-state index in [4.69, 9.17) is 4.74 Å². The Balaban J connectivity index is 2.82. The maximum Gasteiger partial charge on any atom is 0.309 e. The number of carbonyl (C=O) groups excluding carboxylic acids is 1. The zero-order chi connectivity index (χ0) is 13.2. The highest BCUT2D eigenvalue weighted by molar-refractivity contribution is 8.14. The van der Waals surface area contributed by atoms with E-state index >= 15 is 0 Å². The summed E-state index contributed by atoms with van der Waals surface area (Å²) in [5.41, 5.74) is -0.0390. The number of carbonyl (C=O) groups is 1. The van der Waals surface area contributed by atoms with E-state index in [9.17, 15) is 9.90 Å². The molecule has 5 heteroatoms. The van der Waals surface area contributed by atoms with Gasteiger partial charge in [0.2, 0.25) is 0 Å². The lowest BCUT2D eigenvalue weighted by molar-refractivity contribution is -0.144. The average molecular weight is 259 g/mol. The van der Waals surface area contributed by atoms with Gasteiger partial charge in [0, 0.05) is 10.7 Å². The van der Waals surface area contributed by atoms with E-state index in [1.165, 1.54) is 7.11 Å². The molecule has 3 unspecified atom stereocenters. The minimum atomic E-state index is -0.259. The summed E-state index contributed by atoms with van der Waals surface area (Å²) >= 11 is 1.59. The number of nitrogens with zero attached hydrogens (tertiary/aromatic N) is 1. The first-order valence-electron chi connectivity index (χ1n) is 5.75. The second kappa shape index (κ2) is 5.40. The molecule has 0 aromatic carbocycles. The number of rotatable bonds is 3. The molecule has 0 aromatic rings. The molecule has 0 fully saturated rings. The number of ether oxygens (including phenoxy) is 1. The van der Waals surface area contributed by atoms with Crippen LogP contribution in [0.3, 0.4) is 0 Å². The minimum Gasteiger partial charge on any atom is -0.469 e. The molecule has 0 bridgehead atoms. The van der Waals surface area contributed by atoms with Crippen molar-refractivity contribution >= 4 is 22.8 Å². The van der Waals surface area contributed by atoms with Crippen LogP contribution in [0.2, 0.25) is 0 Å². The van der Waals surface area contributed by atoms with Gasteiger partial charge in [0.1, 0.15) is 0 Å². The third-order valence-corrected chi connectivity index (χ3v) is 4.74. The summed E-state index contributed by atoms with van der Waals surface area (Å²) in [6, 6.07) is -0.205. The fourth-order valence-corrected chi connectivity index (χ4v) is 3.16. The van der Waals surface area contributed by atoms with E-state index < -0.39 is 0 Å². The molecule has 17 heavy (non-hydrogen) atoms. The Kier molecular flexibility index (Phi) is 4.61. The van der Waals surface area contributed by atoms with Gasteiger partial charge >= 0.3 is 5.97 Å². The van der Waals surface area contributed by atoms with Gasteiger partial charge < -0.3 is 9.84 Å². The molecule has 1 heterocycles. The van der Waals surface area contributed by atoms with Gasteiger partial charge in [-0.3, -0.25) is 9.79 Å².